The quantitative estimate of drug-likeness (QED) is 0.498. The zero-order valence-corrected chi connectivity index (χ0v) is 13.9. The maximum atomic E-state index is 12.0. The zero-order valence-electron chi connectivity index (χ0n) is 12.3. The van der Waals surface area contributed by atoms with Crippen LogP contribution in [0.15, 0.2) is 10.5 Å². The first kappa shape index (κ1) is 16.5. The molecule has 1 aliphatic heterocycles. The number of carbonyl (C=O) groups is 1. The number of carbonyl (C=O) groups excluding carboxylic acids is 1. The van der Waals surface area contributed by atoms with Gasteiger partial charge in [0.05, 0.1) is 4.92 Å². The molecule has 0 aromatic heterocycles. The van der Waals surface area contributed by atoms with Crippen molar-refractivity contribution < 1.29 is 14.5 Å². The number of benzene rings is 1. The first-order chi connectivity index (χ1) is 10.4. The average molecular weight is 372 g/mol. The molecule has 0 saturated carbocycles. The highest BCUT2D eigenvalue weighted by Crippen LogP contribution is 2.34. The lowest BCUT2D eigenvalue weighted by molar-refractivity contribution is -0.384. The van der Waals surface area contributed by atoms with Crippen LogP contribution in [0.2, 0.25) is 0 Å². The molecule has 0 spiro atoms. The van der Waals surface area contributed by atoms with E-state index in [4.69, 9.17) is 10.5 Å². The third-order valence-corrected chi connectivity index (χ3v) is 4.65. The van der Waals surface area contributed by atoms with Gasteiger partial charge in [-0.15, -0.1) is 0 Å². The molecule has 1 fully saturated rings. The fourth-order valence-corrected chi connectivity index (χ4v) is 2.90. The Bertz CT molecular complexity index is 600. The Morgan fingerprint density at radius 2 is 2.09 bits per heavy atom. The number of nitro groups is 1. The van der Waals surface area contributed by atoms with Crippen LogP contribution < -0.4 is 5.73 Å². The SMILES string of the molecule is Cc1c(Br)cc([N+](=O)[O-])c(N)c1COC(=O)N1CCCCC1. The van der Waals surface area contributed by atoms with Crippen molar-refractivity contribution in [2.75, 3.05) is 18.8 Å². The highest BCUT2D eigenvalue weighted by molar-refractivity contribution is 9.10. The predicted octanol–water partition coefficient (Wildman–Crippen LogP) is 3.37. The van der Waals surface area contributed by atoms with E-state index in [0.717, 1.165) is 24.8 Å². The van der Waals surface area contributed by atoms with Crippen LogP contribution >= 0.6 is 15.9 Å². The van der Waals surface area contributed by atoms with Gasteiger partial charge in [0.1, 0.15) is 12.3 Å². The van der Waals surface area contributed by atoms with Gasteiger partial charge in [-0.1, -0.05) is 15.9 Å². The molecule has 22 heavy (non-hydrogen) atoms. The molecule has 0 radical (unpaired) electrons. The lowest BCUT2D eigenvalue weighted by Crippen LogP contribution is -2.36. The number of hydrogen-bond acceptors (Lipinski definition) is 5. The fraction of sp³-hybridized carbons (Fsp3) is 0.500. The Morgan fingerprint density at radius 3 is 2.68 bits per heavy atom. The second-order valence-corrected chi connectivity index (χ2v) is 6.11. The number of anilines is 1. The number of nitro benzene ring substituents is 1. The summed E-state index contributed by atoms with van der Waals surface area (Å²) >= 11 is 3.27. The van der Waals surface area contributed by atoms with Crippen LogP contribution in [0.1, 0.15) is 30.4 Å². The summed E-state index contributed by atoms with van der Waals surface area (Å²) < 4.78 is 5.85. The summed E-state index contributed by atoms with van der Waals surface area (Å²) in [4.78, 5) is 24.1. The standard InChI is InChI=1S/C14H18BrN3O4/c1-9-10(13(16)12(18(20)21)7-11(9)15)8-22-14(19)17-5-3-2-4-6-17/h7H,2-6,8,16H2,1H3. The largest absolute Gasteiger partial charge is 0.444 e. The molecule has 0 unspecified atom stereocenters. The summed E-state index contributed by atoms with van der Waals surface area (Å²) in [5.41, 5.74) is 6.89. The second kappa shape index (κ2) is 6.95. The molecule has 1 heterocycles. The second-order valence-electron chi connectivity index (χ2n) is 5.25. The molecule has 1 aromatic rings. The van der Waals surface area contributed by atoms with Gasteiger partial charge < -0.3 is 15.4 Å². The fourth-order valence-electron chi connectivity index (χ4n) is 2.45. The summed E-state index contributed by atoms with van der Waals surface area (Å²) in [6.07, 6.45) is 2.66. The highest BCUT2D eigenvalue weighted by Gasteiger charge is 2.22. The highest BCUT2D eigenvalue weighted by atomic mass is 79.9. The van der Waals surface area contributed by atoms with Crippen molar-refractivity contribution in [3.05, 3.63) is 31.8 Å². The first-order valence-corrected chi connectivity index (χ1v) is 7.84. The van der Waals surface area contributed by atoms with Crippen molar-refractivity contribution in [1.29, 1.82) is 0 Å². The van der Waals surface area contributed by atoms with E-state index in [-0.39, 0.29) is 18.0 Å². The predicted molar refractivity (Wildman–Crippen MR) is 85.6 cm³/mol. The van der Waals surface area contributed by atoms with Crippen molar-refractivity contribution in [2.24, 2.45) is 0 Å². The molecule has 120 valence electrons. The number of ether oxygens (including phenoxy) is 1. The number of nitrogen functional groups attached to an aromatic ring is 1. The van der Waals surface area contributed by atoms with Crippen LogP contribution in [0.4, 0.5) is 16.2 Å². The number of amides is 1. The molecule has 7 nitrogen and oxygen atoms in total. The smallest absolute Gasteiger partial charge is 0.410 e. The van der Waals surface area contributed by atoms with Crippen LogP contribution in [0.3, 0.4) is 0 Å². The van der Waals surface area contributed by atoms with Gasteiger partial charge in [-0.05, 0) is 31.7 Å². The van der Waals surface area contributed by atoms with E-state index < -0.39 is 11.0 Å². The average Bonchev–Trinajstić information content (AvgIpc) is 2.51. The number of nitrogens with zero attached hydrogens (tertiary/aromatic N) is 2. The molecular weight excluding hydrogens is 354 g/mol. The van der Waals surface area contributed by atoms with E-state index in [1.807, 2.05) is 0 Å². The van der Waals surface area contributed by atoms with Crippen LogP contribution in [-0.2, 0) is 11.3 Å². The van der Waals surface area contributed by atoms with Gasteiger partial charge in [0.25, 0.3) is 5.69 Å². The molecule has 8 heteroatoms. The molecule has 1 aliphatic rings. The Labute approximate surface area is 136 Å². The molecule has 0 aliphatic carbocycles. The Kier molecular flexibility index (Phi) is 5.23. The van der Waals surface area contributed by atoms with Crippen molar-refractivity contribution >= 4 is 33.4 Å². The molecule has 1 saturated heterocycles. The third kappa shape index (κ3) is 3.49. The first-order valence-electron chi connectivity index (χ1n) is 7.05. The van der Waals surface area contributed by atoms with Crippen LogP contribution in [0.25, 0.3) is 0 Å². The van der Waals surface area contributed by atoms with Crippen molar-refractivity contribution in [3.63, 3.8) is 0 Å². The summed E-state index contributed by atoms with van der Waals surface area (Å²) in [6, 6.07) is 1.36. The van der Waals surface area contributed by atoms with Crippen molar-refractivity contribution in [2.45, 2.75) is 32.8 Å². The number of piperidine rings is 1. The monoisotopic (exact) mass is 371 g/mol. The van der Waals surface area contributed by atoms with E-state index in [0.29, 0.717) is 23.1 Å². The zero-order chi connectivity index (χ0) is 16.3. The number of rotatable bonds is 3. The normalized spacial score (nSPS) is 14.7. The maximum Gasteiger partial charge on any atom is 0.410 e. The van der Waals surface area contributed by atoms with Gasteiger partial charge in [-0.3, -0.25) is 10.1 Å². The lowest BCUT2D eigenvalue weighted by atomic mass is 10.1. The minimum atomic E-state index is -0.546. The Morgan fingerprint density at radius 1 is 1.45 bits per heavy atom. The van der Waals surface area contributed by atoms with Crippen molar-refractivity contribution in [1.82, 2.24) is 4.90 Å². The van der Waals surface area contributed by atoms with Gasteiger partial charge in [0.15, 0.2) is 0 Å². The van der Waals surface area contributed by atoms with E-state index in [2.05, 4.69) is 15.9 Å². The lowest BCUT2D eigenvalue weighted by Gasteiger charge is -2.26. The summed E-state index contributed by atoms with van der Waals surface area (Å²) in [5.74, 6) is 0. The summed E-state index contributed by atoms with van der Waals surface area (Å²) in [6.45, 7) is 3.07. The van der Waals surface area contributed by atoms with E-state index in [1.165, 1.54) is 6.07 Å². The van der Waals surface area contributed by atoms with Gasteiger partial charge in [-0.25, -0.2) is 4.79 Å². The van der Waals surface area contributed by atoms with Gasteiger partial charge in [0, 0.05) is 29.2 Å². The number of nitrogens with two attached hydrogens (primary N) is 1. The Balaban J connectivity index is 2.15. The molecule has 0 bridgehead atoms. The van der Waals surface area contributed by atoms with Crippen LogP contribution in [-0.4, -0.2) is 29.0 Å². The number of likely N-dealkylation sites (tertiary alicyclic amines) is 1. The molecule has 1 amide bonds. The van der Waals surface area contributed by atoms with E-state index >= 15 is 0 Å². The van der Waals surface area contributed by atoms with Crippen LogP contribution in [0, 0.1) is 17.0 Å². The summed E-state index contributed by atoms with van der Waals surface area (Å²) in [7, 11) is 0. The van der Waals surface area contributed by atoms with Gasteiger partial charge in [-0.2, -0.15) is 0 Å². The van der Waals surface area contributed by atoms with Crippen LogP contribution in [0.5, 0.6) is 0 Å². The minimum absolute atomic E-state index is 0.0390. The minimum Gasteiger partial charge on any atom is -0.444 e. The Hall–Kier alpha value is -1.83. The van der Waals surface area contributed by atoms with E-state index in [1.54, 1.807) is 11.8 Å². The van der Waals surface area contributed by atoms with E-state index in [9.17, 15) is 14.9 Å². The van der Waals surface area contributed by atoms with Crippen molar-refractivity contribution in [3.8, 4) is 0 Å². The maximum absolute atomic E-state index is 12.0. The topological polar surface area (TPSA) is 98.7 Å². The molecule has 0 atom stereocenters. The van der Waals surface area contributed by atoms with Gasteiger partial charge in [0.2, 0.25) is 0 Å². The number of hydrogen-bond donors (Lipinski definition) is 1. The van der Waals surface area contributed by atoms with Gasteiger partial charge >= 0.3 is 6.09 Å². The third-order valence-electron chi connectivity index (χ3n) is 3.83. The molecular formula is C14H18BrN3O4. The molecule has 1 aromatic carbocycles. The number of halogens is 1. The molecule has 2 N–H and O–H groups in total. The molecule has 2 rings (SSSR count). The summed E-state index contributed by atoms with van der Waals surface area (Å²) in [5, 5.41) is 11.0.